The Morgan fingerprint density at radius 3 is 1.93 bits per heavy atom. The first kappa shape index (κ1) is 18.9. The maximum absolute atomic E-state index is 13.1. The molecule has 0 amide bonds. The molecule has 1 N–H and O–H groups in total. The number of aliphatic hydroxyl groups excluding tert-OH is 1. The van der Waals surface area contributed by atoms with E-state index in [1.165, 1.54) is 16.4 Å². The van der Waals surface area contributed by atoms with Gasteiger partial charge in [0.1, 0.15) is 18.5 Å². The van der Waals surface area contributed by atoms with Gasteiger partial charge in [0.15, 0.2) is 0 Å². The van der Waals surface area contributed by atoms with Gasteiger partial charge >= 0.3 is 0 Å². The molecule has 0 bridgehead atoms. The Hall–Kier alpha value is -2.83. The van der Waals surface area contributed by atoms with Crippen LogP contribution in [0, 0.1) is 0 Å². The molecule has 0 aliphatic carbocycles. The second-order valence-electron chi connectivity index (χ2n) is 5.96. The molecule has 0 fully saturated rings. The third-order valence-corrected chi connectivity index (χ3v) is 5.75. The van der Waals surface area contributed by atoms with Crippen LogP contribution < -0.4 is 9.04 Å². The molecule has 0 aromatic heterocycles. The monoisotopic (exact) mass is 383 g/mol. The minimum Gasteiger partial charge on any atom is -0.491 e. The van der Waals surface area contributed by atoms with Crippen LogP contribution in [0.25, 0.3) is 0 Å². The number of anilines is 1. The third kappa shape index (κ3) is 4.87. The predicted octanol–water partition coefficient (Wildman–Crippen LogP) is 3.32. The van der Waals surface area contributed by atoms with E-state index in [0.29, 0.717) is 11.4 Å². The fraction of sp³-hybridized carbons (Fsp3) is 0.143. The zero-order valence-electron chi connectivity index (χ0n) is 14.7. The van der Waals surface area contributed by atoms with Crippen LogP contribution in [0.5, 0.6) is 5.75 Å². The number of sulfonamides is 1. The molecule has 0 aliphatic rings. The molecule has 3 rings (SSSR count). The average Bonchev–Trinajstić information content (AvgIpc) is 2.72. The van der Waals surface area contributed by atoms with Gasteiger partial charge in [-0.3, -0.25) is 4.31 Å². The van der Waals surface area contributed by atoms with E-state index >= 15 is 0 Å². The van der Waals surface area contributed by atoms with E-state index in [4.69, 9.17) is 4.74 Å². The maximum Gasteiger partial charge on any atom is 0.264 e. The van der Waals surface area contributed by atoms with Crippen LogP contribution in [-0.4, -0.2) is 32.8 Å². The number of ether oxygens (including phenoxy) is 1. The highest BCUT2D eigenvalue weighted by Crippen LogP contribution is 2.23. The van der Waals surface area contributed by atoms with Crippen molar-refractivity contribution in [2.75, 3.05) is 17.5 Å². The van der Waals surface area contributed by atoms with E-state index in [-0.39, 0.29) is 18.0 Å². The molecule has 0 saturated heterocycles. The van der Waals surface area contributed by atoms with E-state index in [0.717, 1.165) is 0 Å². The van der Waals surface area contributed by atoms with Crippen LogP contribution in [-0.2, 0) is 10.0 Å². The summed E-state index contributed by atoms with van der Waals surface area (Å²) in [5.41, 5.74) is 0.486. The first-order valence-electron chi connectivity index (χ1n) is 8.56. The molecule has 0 aliphatic heterocycles. The van der Waals surface area contributed by atoms with Crippen molar-refractivity contribution in [1.82, 2.24) is 0 Å². The number of hydrogen-bond acceptors (Lipinski definition) is 4. The Labute approximate surface area is 159 Å². The van der Waals surface area contributed by atoms with E-state index in [2.05, 4.69) is 0 Å². The van der Waals surface area contributed by atoms with E-state index < -0.39 is 16.1 Å². The summed E-state index contributed by atoms with van der Waals surface area (Å²) in [5, 5.41) is 10.4. The minimum absolute atomic E-state index is 0.0162. The van der Waals surface area contributed by atoms with Gasteiger partial charge in [-0.1, -0.05) is 54.6 Å². The third-order valence-electron chi connectivity index (χ3n) is 3.94. The molecule has 0 heterocycles. The van der Waals surface area contributed by atoms with Crippen LogP contribution in [0.3, 0.4) is 0 Å². The first-order chi connectivity index (χ1) is 13.1. The van der Waals surface area contributed by atoms with Gasteiger partial charge in [-0.15, -0.1) is 0 Å². The Morgan fingerprint density at radius 2 is 1.33 bits per heavy atom. The Balaban J connectivity index is 1.81. The quantitative estimate of drug-likeness (QED) is 0.648. The smallest absolute Gasteiger partial charge is 0.264 e. The van der Waals surface area contributed by atoms with Crippen molar-refractivity contribution >= 4 is 15.7 Å². The maximum atomic E-state index is 13.1. The minimum atomic E-state index is -3.81. The fourth-order valence-corrected chi connectivity index (χ4v) is 4.13. The summed E-state index contributed by atoms with van der Waals surface area (Å²) in [6, 6.07) is 26.0. The van der Waals surface area contributed by atoms with Crippen molar-refractivity contribution in [3.63, 3.8) is 0 Å². The molecule has 27 heavy (non-hydrogen) atoms. The molecular weight excluding hydrogens is 362 g/mol. The average molecular weight is 383 g/mol. The van der Waals surface area contributed by atoms with Gasteiger partial charge in [0.05, 0.1) is 17.1 Å². The van der Waals surface area contributed by atoms with Gasteiger partial charge in [0.2, 0.25) is 0 Å². The molecule has 1 atom stereocenters. The van der Waals surface area contributed by atoms with Crippen LogP contribution in [0.15, 0.2) is 95.9 Å². The number of para-hydroxylation sites is 2. The molecule has 0 radical (unpaired) electrons. The van der Waals surface area contributed by atoms with Gasteiger partial charge in [-0.25, -0.2) is 8.42 Å². The normalized spacial score (nSPS) is 12.3. The Bertz CT molecular complexity index is 932. The summed E-state index contributed by atoms with van der Waals surface area (Å²) >= 11 is 0. The van der Waals surface area contributed by atoms with Crippen molar-refractivity contribution in [2.24, 2.45) is 0 Å². The summed E-state index contributed by atoms with van der Waals surface area (Å²) in [6.45, 7) is -0.133. The lowest BCUT2D eigenvalue weighted by Gasteiger charge is -2.27. The number of rotatable bonds is 8. The molecule has 0 spiro atoms. The molecule has 140 valence electrons. The van der Waals surface area contributed by atoms with Crippen LogP contribution in [0.4, 0.5) is 5.69 Å². The fourth-order valence-electron chi connectivity index (χ4n) is 2.61. The number of hydrogen-bond donors (Lipinski definition) is 1. The van der Waals surface area contributed by atoms with E-state index in [1.807, 2.05) is 24.3 Å². The highest BCUT2D eigenvalue weighted by molar-refractivity contribution is 7.92. The summed E-state index contributed by atoms with van der Waals surface area (Å²) in [7, 11) is -3.81. The molecule has 0 unspecified atom stereocenters. The van der Waals surface area contributed by atoms with Crippen molar-refractivity contribution < 1.29 is 18.3 Å². The van der Waals surface area contributed by atoms with Gasteiger partial charge in [-0.05, 0) is 36.4 Å². The van der Waals surface area contributed by atoms with Crippen molar-refractivity contribution in [3.8, 4) is 5.75 Å². The van der Waals surface area contributed by atoms with E-state index in [9.17, 15) is 13.5 Å². The van der Waals surface area contributed by atoms with Crippen LogP contribution in [0.1, 0.15) is 0 Å². The van der Waals surface area contributed by atoms with Crippen molar-refractivity contribution in [2.45, 2.75) is 11.0 Å². The standard InChI is InChI=1S/C21H21NO4S/c23-19(17-26-20-12-6-2-7-13-20)16-22(18-10-4-1-5-11-18)27(24,25)21-14-8-3-9-15-21/h1-15,19,23H,16-17H2/t19-/m0/s1. The predicted molar refractivity (Wildman–Crippen MR) is 105 cm³/mol. The molecule has 6 heteroatoms. The lowest BCUT2D eigenvalue weighted by molar-refractivity contribution is 0.115. The van der Waals surface area contributed by atoms with Gasteiger partial charge in [-0.2, -0.15) is 0 Å². The van der Waals surface area contributed by atoms with Crippen LogP contribution in [0.2, 0.25) is 0 Å². The number of benzene rings is 3. The first-order valence-corrected chi connectivity index (χ1v) is 10.00. The molecule has 5 nitrogen and oxygen atoms in total. The molecule has 3 aromatic rings. The Morgan fingerprint density at radius 1 is 0.815 bits per heavy atom. The van der Waals surface area contributed by atoms with Gasteiger partial charge in [0.25, 0.3) is 10.0 Å². The Kier molecular flexibility index (Phi) is 6.11. The lowest BCUT2D eigenvalue weighted by atomic mass is 10.3. The molecule has 0 saturated carbocycles. The zero-order chi connectivity index (χ0) is 19.1. The number of nitrogens with zero attached hydrogens (tertiary/aromatic N) is 1. The number of aliphatic hydroxyl groups is 1. The summed E-state index contributed by atoms with van der Waals surface area (Å²) in [4.78, 5) is 0.171. The highest BCUT2D eigenvalue weighted by atomic mass is 32.2. The van der Waals surface area contributed by atoms with Gasteiger partial charge in [0, 0.05) is 0 Å². The van der Waals surface area contributed by atoms with Crippen molar-refractivity contribution in [3.05, 3.63) is 91.0 Å². The summed E-state index contributed by atoms with van der Waals surface area (Å²) < 4.78 is 33.0. The second-order valence-corrected chi connectivity index (χ2v) is 7.82. The highest BCUT2D eigenvalue weighted by Gasteiger charge is 2.27. The lowest BCUT2D eigenvalue weighted by Crippen LogP contribution is -2.39. The largest absolute Gasteiger partial charge is 0.491 e. The molecule has 3 aromatic carbocycles. The van der Waals surface area contributed by atoms with Crippen LogP contribution >= 0.6 is 0 Å². The second kappa shape index (κ2) is 8.70. The summed E-state index contributed by atoms with van der Waals surface area (Å²) in [6.07, 6.45) is -0.996. The summed E-state index contributed by atoms with van der Waals surface area (Å²) in [5.74, 6) is 0.619. The van der Waals surface area contributed by atoms with E-state index in [1.54, 1.807) is 54.6 Å². The van der Waals surface area contributed by atoms with Crippen molar-refractivity contribution in [1.29, 1.82) is 0 Å². The topological polar surface area (TPSA) is 66.8 Å². The molecular formula is C21H21NO4S. The van der Waals surface area contributed by atoms with Gasteiger partial charge < -0.3 is 9.84 Å². The zero-order valence-corrected chi connectivity index (χ0v) is 15.5. The SMILES string of the molecule is O=S(=O)(c1ccccc1)N(C[C@H](O)COc1ccccc1)c1ccccc1.